The van der Waals surface area contributed by atoms with Gasteiger partial charge in [-0.15, -0.1) is 0 Å². The van der Waals surface area contributed by atoms with E-state index >= 15 is 0 Å². The van der Waals surface area contributed by atoms with Crippen molar-refractivity contribution in [3.8, 4) is 0 Å². The molecule has 0 fully saturated rings. The second-order valence-corrected chi connectivity index (χ2v) is 9.88. The van der Waals surface area contributed by atoms with Crippen LogP contribution in [0.1, 0.15) is 5.56 Å². The number of hydrogen-bond acceptors (Lipinski definition) is 6. The van der Waals surface area contributed by atoms with Gasteiger partial charge in [0.25, 0.3) is 0 Å². The Balaban J connectivity index is 1.99. The molecule has 0 bridgehead atoms. The fraction of sp³-hybridized carbons (Fsp3) is 0.300. The van der Waals surface area contributed by atoms with Crippen molar-refractivity contribution in [2.45, 2.75) is 11.3 Å². The molecule has 2 aromatic carbocycles. The minimum atomic E-state index is -3.40. The van der Waals surface area contributed by atoms with E-state index in [1.807, 2.05) is 55.4 Å². The van der Waals surface area contributed by atoms with Crippen molar-refractivity contribution < 1.29 is 13.2 Å². The zero-order chi connectivity index (χ0) is 20.3. The van der Waals surface area contributed by atoms with Gasteiger partial charge >= 0.3 is 0 Å². The molecule has 3 rings (SSSR count). The number of carbonyl (C=O) groups excluding carboxylic acids is 1. The minimum absolute atomic E-state index is 0.0620. The summed E-state index contributed by atoms with van der Waals surface area (Å²) in [4.78, 5) is 21.4. The molecule has 0 atom stereocenters. The first-order chi connectivity index (χ1) is 13.3. The standard InChI is InChI=1S/C20H23N3O3S2/c1-22(2)12-13-23(18(24)14-15-8-5-4-6-9-15)20-21-19-16(27-20)10-7-11-17(19)28(3,25)26/h4-11H,12-14H2,1-3H3. The summed E-state index contributed by atoms with van der Waals surface area (Å²) < 4.78 is 24.9. The summed E-state index contributed by atoms with van der Waals surface area (Å²) in [7, 11) is 0.485. The van der Waals surface area contributed by atoms with E-state index in [1.54, 1.807) is 17.0 Å². The van der Waals surface area contributed by atoms with E-state index in [0.29, 0.717) is 23.7 Å². The van der Waals surface area contributed by atoms with Crippen LogP contribution in [0, 0.1) is 0 Å². The molecule has 0 radical (unpaired) electrons. The fourth-order valence-electron chi connectivity index (χ4n) is 2.82. The number of thiazole rings is 1. The van der Waals surface area contributed by atoms with Gasteiger partial charge in [0, 0.05) is 19.3 Å². The average molecular weight is 418 g/mol. The van der Waals surface area contributed by atoms with Gasteiger partial charge in [-0.25, -0.2) is 13.4 Å². The zero-order valence-electron chi connectivity index (χ0n) is 16.1. The molecule has 6 nitrogen and oxygen atoms in total. The first-order valence-electron chi connectivity index (χ1n) is 8.84. The van der Waals surface area contributed by atoms with E-state index in [9.17, 15) is 13.2 Å². The Labute approximate surface area is 169 Å². The third kappa shape index (κ3) is 4.76. The maximum absolute atomic E-state index is 13.0. The molecule has 0 aliphatic heterocycles. The number of anilines is 1. The van der Waals surface area contributed by atoms with Crippen molar-refractivity contribution in [3.63, 3.8) is 0 Å². The number of aromatic nitrogens is 1. The van der Waals surface area contributed by atoms with Crippen molar-refractivity contribution >= 4 is 42.4 Å². The second kappa shape index (κ2) is 8.38. The predicted molar refractivity (Wildman–Crippen MR) is 114 cm³/mol. The van der Waals surface area contributed by atoms with Gasteiger partial charge in [-0.2, -0.15) is 0 Å². The number of rotatable bonds is 7. The van der Waals surface area contributed by atoms with Crippen LogP contribution in [0.25, 0.3) is 10.2 Å². The summed E-state index contributed by atoms with van der Waals surface area (Å²) in [5.41, 5.74) is 1.35. The molecule has 0 aliphatic rings. The molecule has 0 unspecified atom stereocenters. The molecular weight excluding hydrogens is 394 g/mol. The molecule has 0 spiro atoms. The molecule has 0 saturated heterocycles. The van der Waals surface area contributed by atoms with E-state index in [-0.39, 0.29) is 17.2 Å². The Morgan fingerprint density at radius 2 is 1.75 bits per heavy atom. The molecule has 1 aromatic heterocycles. The summed E-state index contributed by atoms with van der Waals surface area (Å²) in [6.45, 7) is 1.15. The van der Waals surface area contributed by atoms with Crippen molar-refractivity contribution in [1.29, 1.82) is 0 Å². The number of fused-ring (bicyclic) bond motifs is 1. The first kappa shape index (κ1) is 20.4. The molecule has 3 aromatic rings. The number of amides is 1. The summed E-state index contributed by atoms with van der Waals surface area (Å²) in [6, 6.07) is 14.7. The highest BCUT2D eigenvalue weighted by Crippen LogP contribution is 2.32. The molecule has 148 valence electrons. The topological polar surface area (TPSA) is 70.6 Å². The number of nitrogens with zero attached hydrogens (tertiary/aromatic N) is 3. The van der Waals surface area contributed by atoms with Crippen molar-refractivity contribution in [3.05, 3.63) is 54.1 Å². The van der Waals surface area contributed by atoms with Gasteiger partial charge < -0.3 is 4.90 Å². The summed E-state index contributed by atoms with van der Waals surface area (Å²) >= 11 is 1.34. The molecule has 1 heterocycles. The van der Waals surface area contributed by atoms with Gasteiger partial charge in [-0.1, -0.05) is 47.7 Å². The molecule has 28 heavy (non-hydrogen) atoms. The largest absolute Gasteiger partial charge is 0.308 e. The van der Waals surface area contributed by atoms with Crippen LogP contribution in [0.4, 0.5) is 5.13 Å². The third-order valence-electron chi connectivity index (χ3n) is 4.27. The number of carbonyl (C=O) groups is 1. The first-order valence-corrected chi connectivity index (χ1v) is 11.5. The van der Waals surface area contributed by atoms with Gasteiger partial charge in [-0.3, -0.25) is 9.69 Å². The Kier molecular flexibility index (Phi) is 6.12. The highest BCUT2D eigenvalue weighted by atomic mass is 32.2. The second-order valence-electron chi connectivity index (χ2n) is 6.88. The molecule has 0 aliphatic carbocycles. The van der Waals surface area contributed by atoms with E-state index in [2.05, 4.69) is 4.98 Å². The molecule has 8 heteroatoms. The lowest BCUT2D eigenvalue weighted by molar-refractivity contribution is -0.118. The third-order valence-corrected chi connectivity index (χ3v) is 6.44. The number of likely N-dealkylation sites (N-methyl/N-ethyl adjacent to an activating group) is 1. The summed E-state index contributed by atoms with van der Waals surface area (Å²) in [5, 5.41) is 0.522. The van der Waals surface area contributed by atoms with Gasteiger partial charge in [0.1, 0.15) is 5.52 Å². The average Bonchev–Trinajstić information content (AvgIpc) is 3.05. The van der Waals surface area contributed by atoms with Crippen molar-refractivity contribution in [2.75, 3.05) is 38.3 Å². The predicted octanol–water partition coefficient (Wildman–Crippen LogP) is 2.84. The lowest BCUT2D eigenvalue weighted by Gasteiger charge is -2.22. The monoisotopic (exact) mass is 417 g/mol. The van der Waals surface area contributed by atoms with Crippen LogP contribution in [0.15, 0.2) is 53.4 Å². The highest BCUT2D eigenvalue weighted by molar-refractivity contribution is 7.91. The van der Waals surface area contributed by atoms with Crippen LogP contribution in [0.3, 0.4) is 0 Å². The molecule has 0 N–H and O–H groups in total. The van der Waals surface area contributed by atoms with Crippen molar-refractivity contribution in [1.82, 2.24) is 9.88 Å². The minimum Gasteiger partial charge on any atom is -0.308 e. The lowest BCUT2D eigenvalue weighted by atomic mass is 10.1. The van der Waals surface area contributed by atoms with E-state index < -0.39 is 9.84 Å². The quantitative estimate of drug-likeness (QED) is 0.591. The zero-order valence-corrected chi connectivity index (χ0v) is 17.8. The van der Waals surface area contributed by atoms with E-state index in [1.165, 1.54) is 17.6 Å². The smallest absolute Gasteiger partial charge is 0.233 e. The maximum Gasteiger partial charge on any atom is 0.233 e. The number of sulfone groups is 1. The number of hydrogen-bond donors (Lipinski definition) is 0. The van der Waals surface area contributed by atoms with Crippen LogP contribution < -0.4 is 4.90 Å². The van der Waals surface area contributed by atoms with E-state index in [0.717, 1.165) is 10.3 Å². The van der Waals surface area contributed by atoms with Crippen LogP contribution in [-0.2, 0) is 21.1 Å². The number of benzene rings is 2. The van der Waals surface area contributed by atoms with Gasteiger partial charge in [0.15, 0.2) is 15.0 Å². The molecule has 0 saturated carbocycles. The Morgan fingerprint density at radius 3 is 2.39 bits per heavy atom. The van der Waals surface area contributed by atoms with E-state index in [4.69, 9.17) is 0 Å². The van der Waals surface area contributed by atoms with Crippen molar-refractivity contribution in [2.24, 2.45) is 0 Å². The summed E-state index contributed by atoms with van der Waals surface area (Å²) in [5.74, 6) is -0.0620. The van der Waals surface area contributed by atoms with Crippen LogP contribution in [0.5, 0.6) is 0 Å². The highest BCUT2D eigenvalue weighted by Gasteiger charge is 2.22. The van der Waals surface area contributed by atoms with Crippen LogP contribution >= 0.6 is 11.3 Å². The SMILES string of the molecule is CN(C)CCN(C(=O)Cc1ccccc1)c1nc2c(S(C)(=O)=O)cccc2s1. The number of para-hydroxylation sites is 1. The maximum atomic E-state index is 13.0. The normalized spacial score (nSPS) is 11.9. The van der Waals surface area contributed by atoms with Crippen LogP contribution in [-0.4, -0.2) is 57.6 Å². The fourth-order valence-corrected chi connectivity index (χ4v) is 4.75. The summed E-state index contributed by atoms with van der Waals surface area (Å²) in [6.07, 6.45) is 1.44. The Hall–Kier alpha value is -2.29. The Morgan fingerprint density at radius 1 is 1.04 bits per heavy atom. The Bertz CT molecular complexity index is 1080. The van der Waals surface area contributed by atoms with Gasteiger partial charge in [0.05, 0.1) is 16.0 Å². The van der Waals surface area contributed by atoms with Gasteiger partial charge in [-0.05, 0) is 31.8 Å². The lowest BCUT2D eigenvalue weighted by Crippen LogP contribution is -2.37. The van der Waals surface area contributed by atoms with Gasteiger partial charge in [0.2, 0.25) is 5.91 Å². The van der Waals surface area contributed by atoms with Crippen LogP contribution in [0.2, 0.25) is 0 Å². The molecular formula is C20H23N3O3S2. The molecule has 1 amide bonds.